The quantitative estimate of drug-likeness (QED) is 0.773. The fourth-order valence-electron chi connectivity index (χ4n) is 2.20. The zero-order chi connectivity index (χ0) is 13.9. The molecule has 1 saturated heterocycles. The summed E-state index contributed by atoms with van der Waals surface area (Å²) in [5, 5.41) is 2.87. The second kappa shape index (κ2) is 5.69. The Bertz CT molecular complexity index is 323. The van der Waals surface area contributed by atoms with Crippen molar-refractivity contribution in [3.63, 3.8) is 0 Å². The molecule has 1 aliphatic rings. The Hall–Kier alpha value is -1.10. The molecule has 2 atom stereocenters. The highest BCUT2D eigenvalue weighted by Crippen LogP contribution is 2.21. The monoisotopic (exact) mass is 255 g/mol. The number of likely N-dealkylation sites (tertiary alicyclic amines) is 1. The van der Waals surface area contributed by atoms with Crippen molar-refractivity contribution in [2.24, 2.45) is 5.73 Å². The van der Waals surface area contributed by atoms with Crippen LogP contribution < -0.4 is 11.1 Å². The summed E-state index contributed by atoms with van der Waals surface area (Å²) in [6, 6.07) is -0.569. The molecule has 5 nitrogen and oxygen atoms in total. The summed E-state index contributed by atoms with van der Waals surface area (Å²) >= 11 is 0. The Labute approximate surface area is 109 Å². The minimum absolute atomic E-state index is 0.0943. The van der Waals surface area contributed by atoms with E-state index in [9.17, 15) is 9.59 Å². The van der Waals surface area contributed by atoms with Crippen LogP contribution in [0.25, 0.3) is 0 Å². The van der Waals surface area contributed by atoms with Crippen LogP contribution in [0.3, 0.4) is 0 Å². The number of hydrogen-bond acceptors (Lipinski definition) is 3. The lowest BCUT2D eigenvalue weighted by Crippen LogP contribution is -2.48. The minimum Gasteiger partial charge on any atom is -0.350 e. The molecule has 0 spiro atoms. The first-order valence-electron chi connectivity index (χ1n) is 6.62. The lowest BCUT2D eigenvalue weighted by atomic mass is 10.1. The molecule has 18 heavy (non-hydrogen) atoms. The van der Waals surface area contributed by atoms with Gasteiger partial charge in [-0.1, -0.05) is 13.3 Å². The van der Waals surface area contributed by atoms with Gasteiger partial charge in [0.1, 0.15) is 0 Å². The maximum atomic E-state index is 11.9. The van der Waals surface area contributed by atoms with Crippen molar-refractivity contribution in [1.29, 1.82) is 0 Å². The highest BCUT2D eigenvalue weighted by atomic mass is 16.2. The van der Waals surface area contributed by atoms with Gasteiger partial charge in [0.05, 0.1) is 12.1 Å². The van der Waals surface area contributed by atoms with E-state index in [-0.39, 0.29) is 23.4 Å². The van der Waals surface area contributed by atoms with Gasteiger partial charge in [-0.25, -0.2) is 0 Å². The molecule has 0 aromatic carbocycles. The van der Waals surface area contributed by atoms with Crippen molar-refractivity contribution in [3.8, 4) is 0 Å². The van der Waals surface area contributed by atoms with Gasteiger partial charge < -0.3 is 16.0 Å². The lowest BCUT2D eigenvalue weighted by Gasteiger charge is -2.32. The van der Waals surface area contributed by atoms with E-state index in [2.05, 4.69) is 5.32 Å². The molecule has 2 unspecified atom stereocenters. The van der Waals surface area contributed by atoms with Gasteiger partial charge in [-0.2, -0.15) is 0 Å². The normalized spacial score (nSPS) is 22.2. The molecule has 5 heteroatoms. The van der Waals surface area contributed by atoms with Gasteiger partial charge in [0.25, 0.3) is 0 Å². The average molecular weight is 255 g/mol. The van der Waals surface area contributed by atoms with Crippen LogP contribution in [-0.2, 0) is 9.59 Å². The molecular formula is C13H25N3O2. The number of rotatable bonds is 4. The molecule has 104 valence electrons. The van der Waals surface area contributed by atoms with Crippen LogP contribution in [0, 0.1) is 0 Å². The molecular weight excluding hydrogens is 230 g/mol. The van der Waals surface area contributed by atoms with Gasteiger partial charge >= 0.3 is 0 Å². The zero-order valence-corrected chi connectivity index (χ0v) is 11.8. The number of nitrogens with two attached hydrogens (primary N) is 1. The van der Waals surface area contributed by atoms with Gasteiger partial charge in [-0.15, -0.1) is 0 Å². The molecule has 3 N–H and O–H groups in total. The van der Waals surface area contributed by atoms with E-state index in [4.69, 9.17) is 5.73 Å². The van der Waals surface area contributed by atoms with Crippen LogP contribution in [0.4, 0.5) is 0 Å². The fraction of sp³-hybridized carbons (Fsp3) is 0.846. The zero-order valence-electron chi connectivity index (χ0n) is 11.8. The van der Waals surface area contributed by atoms with Crippen LogP contribution >= 0.6 is 0 Å². The van der Waals surface area contributed by atoms with Gasteiger partial charge in [0, 0.05) is 18.5 Å². The molecule has 0 bridgehead atoms. The third-order valence-corrected chi connectivity index (χ3v) is 3.22. The molecule has 1 fully saturated rings. The molecule has 0 saturated carbocycles. The van der Waals surface area contributed by atoms with E-state index in [0.717, 1.165) is 6.42 Å². The Morgan fingerprint density at radius 2 is 2.17 bits per heavy atom. The van der Waals surface area contributed by atoms with E-state index >= 15 is 0 Å². The van der Waals surface area contributed by atoms with Crippen molar-refractivity contribution in [2.45, 2.75) is 64.6 Å². The van der Waals surface area contributed by atoms with E-state index in [1.807, 2.05) is 32.6 Å². The van der Waals surface area contributed by atoms with Crippen molar-refractivity contribution in [3.05, 3.63) is 0 Å². The largest absolute Gasteiger partial charge is 0.350 e. The van der Waals surface area contributed by atoms with Crippen molar-refractivity contribution >= 4 is 11.8 Å². The first kappa shape index (κ1) is 15.0. The van der Waals surface area contributed by atoms with Gasteiger partial charge in [-0.3, -0.25) is 9.59 Å². The third-order valence-electron chi connectivity index (χ3n) is 3.22. The lowest BCUT2D eigenvalue weighted by molar-refractivity contribution is -0.131. The number of carbonyl (C=O) groups excluding carboxylic acids is 2. The van der Waals surface area contributed by atoms with E-state index < -0.39 is 6.04 Å². The van der Waals surface area contributed by atoms with E-state index in [0.29, 0.717) is 19.4 Å². The van der Waals surface area contributed by atoms with E-state index in [1.54, 1.807) is 0 Å². The average Bonchev–Trinajstić information content (AvgIpc) is 2.59. The highest BCUT2D eigenvalue weighted by Gasteiger charge is 2.37. The van der Waals surface area contributed by atoms with Crippen LogP contribution in [0.2, 0.25) is 0 Å². The number of carbonyl (C=O) groups is 2. The van der Waals surface area contributed by atoms with Gasteiger partial charge in [0.2, 0.25) is 11.8 Å². The summed E-state index contributed by atoms with van der Waals surface area (Å²) in [7, 11) is 0. The number of hydrogen-bond donors (Lipinski definition) is 2. The molecule has 0 aliphatic carbocycles. The topological polar surface area (TPSA) is 75.4 Å². The smallest absolute Gasteiger partial charge is 0.237 e. The summed E-state index contributed by atoms with van der Waals surface area (Å²) < 4.78 is 0. The maximum Gasteiger partial charge on any atom is 0.237 e. The van der Waals surface area contributed by atoms with Gasteiger partial charge in [0.15, 0.2) is 0 Å². The molecule has 1 heterocycles. The Balaban J connectivity index is 2.52. The summed E-state index contributed by atoms with van der Waals surface area (Å²) in [6.07, 6.45) is 1.93. The van der Waals surface area contributed by atoms with Crippen LogP contribution in [0.1, 0.15) is 47.0 Å². The Morgan fingerprint density at radius 3 is 2.61 bits per heavy atom. The van der Waals surface area contributed by atoms with Crippen LogP contribution in [0.15, 0.2) is 0 Å². The number of nitrogens with zero attached hydrogens (tertiary/aromatic N) is 1. The fourth-order valence-corrected chi connectivity index (χ4v) is 2.20. The Kier molecular flexibility index (Phi) is 4.73. The number of amides is 2. The standard InChI is InChI=1S/C13H25N3O2/c1-5-6-10(14)12(18)15-9-7-11(17)16(8-9)13(2,3)4/h9-10H,5-8,14H2,1-4H3,(H,15,18). The predicted molar refractivity (Wildman–Crippen MR) is 70.9 cm³/mol. The maximum absolute atomic E-state index is 11.9. The first-order valence-corrected chi connectivity index (χ1v) is 6.62. The third kappa shape index (κ3) is 3.70. The summed E-state index contributed by atoms with van der Waals surface area (Å²) in [5.41, 5.74) is 5.56. The van der Waals surface area contributed by atoms with Crippen LogP contribution in [-0.4, -0.2) is 40.9 Å². The van der Waals surface area contributed by atoms with E-state index in [1.165, 1.54) is 0 Å². The molecule has 0 radical (unpaired) electrons. The first-order chi connectivity index (χ1) is 8.25. The SMILES string of the molecule is CCCC(N)C(=O)NC1CC(=O)N(C(C)(C)C)C1. The Morgan fingerprint density at radius 1 is 1.56 bits per heavy atom. The summed E-state index contributed by atoms with van der Waals surface area (Å²) in [6.45, 7) is 8.56. The highest BCUT2D eigenvalue weighted by molar-refractivity contribution is 5.85. The van der Waals surface area contributed by atoms with Crippen molar-refractivity contribution in [2.75, 3.05) is 6.54 Å². The molecule has 1 aliphatic heterocycles. The van der Waals surface area contributed by atoms with Crippen molar-refractivity contribution < 1.29 is 9.59 Å². The van der Waals surface area contributed by atoms with Crippen LogP contribution in [0.5, 0.6) is 0 Å². The molecule has 2 amide bonds. The number of nitrogens with one attached hydrogen (secondary N) is 1. The van der Waals surface area contributed by atoms with Crippen molar-refractivity contribution in [1.82, 2.24) is 10.2 Å². The molecule has 1 rings (SSSR count). The molecule has 0 aromatic rings. The van der Waals surface area contributed by atoms with Gasteiger partial charge in [-0.05, 0) is 27.2 Å². The second-order valence-electron chi connectivity index (χ2n) is 5.98. The molecule has 0 aromatic heterocycles. The predicted octanol–water partition coefficient (Wildman–Crippen LogP) is 0.629. The summed E-state index contributed by atoms with van der Waals surface area (Å²) in [4.78, 5) is 25.4. The summed E-state index contributed by atoms with van der Waals surface area (Å²) in [5.74, 6) is -0.0535. The second-order valence-corrected chi connectivity index (χ2v) is 5.98. The minimum atomic E-state index is -0.464.